The van der Waals surface area contributed by atoms with Gasteiger partial charge in [0, 0.05) is 19.6 Å². The highest BCUT2D eigenvalue weighted by Gasteiger charge is 2.16. The van der Waals surface area contributed by atoms with Crippen molar-refractivity contribution in [2.75, 3.05) is 13.2 Å². The fraction of sp³-hybridized carbons (Fsp3) is 0.923. The summed E-state index contributed by atoms with van der Waals surface area (Å²) in [4.78, 5) is 0. The van der Waals surface area contributed by atoms with Crippen LogP contribution in [-0.4, -0.2) is 18.8 Å². The molecule has 0 radical (unpaired) electrons. The second-order valence-electron chi connectivity index (χ2n) is 4.77. The molecule has 3 heteroatoms. The predicted molar refractivity (Wildman–Crippen MR) is 66.9 cm³/mol. The van der Waals surface area contributed by atoms with Crippen molar-refractivity contribution < 1.29 is 4.74 Å². The van der Waals surface area contributed by atoms with E-state index >= 15 is 0 Å². The molecule has 0 aromatic rings. The van der Waals surface area contributed by atoms with E-state index in [1.807, 2.05) is 0 Å². The van der Waals surface area contributed by atoms with Crippen LogP contribution < -0.4 is 5.73 Å². The largest absolute Gasteiger partial charge is 0.381 e. The quantitative estimate of drug-likeness (QED) is 0.615. The molecule has 0 aliphatic carbocycles. The average Bonchev–Trinajstić information content (AvgIpc) is 2.28. The van der Waals surface area contributed by atoms with Gasteiger partial charge in [0.15, 0.2) is 0 Å². The lowest BCUT2D eigenvalue weighted by molar-refractivity contribution is 0.0857. The van der Waals surface area contributed by atoms with Gasteiger partial charge < -0.3 is 10.5 Å². The zero-order chi connectivity index (χ0) is 12.4. The van der Waals surface area contributed by atoms with Gasteiger partial charge in [-0.05, 0) is 19.3 Å². The minimum atomic E-state index is -0.745. The number of unbranched alkanes of at least 4 members (excludes halogenated alkanes) is 1. The molecule has 2 atom stereocenters. The van der Waals surface area contributed by atoms with Gasteiger partial charge in [-0.2, -0.15) is 5.26 Å². The van der Waals surface area contributed by atoms with Crippen molar-refractivity contribution in [3.63, 3.8) is 0 Å². The van der Waals surface area contributed by atoms with E-state index in [0.717, 1.165) is 13.0 Å². The summed E-state index contributed by atoms with van der Waals surface area (Å²) in [5, 5.41) is 8.73. The Kier molecular flexibility index (Phi) is 8.23. The second kappa shape index (κ2) is 8.55. The Balaban J connectivity index is 3.60. The van der Waals surface area contributed by atoms with E-state index in [0.29, 0.717) is 18.9 Å². The Morgan fingerprint density at radius 3 is 2.62 bits per heavy atom. The Morgan fingerprint density at radius 1 is 1.44 bits per heavy atom. The van der Waals surface area contributed by atoms with Gasteiger partial charge in [0.2, 0.25) is 0 Å². The second-order valence-corrected chi connectivity index (χ2v) is 4.77. The van der Waals surface area contributed by atoms with E-state index in [-0.39, 0.29) is 0 Å². The maximum Gasteiger partial charge on any atom is 0.103 e. The molecule has 0 saturated carbocycles. The lowest BCUT2D eigenvalue weighted by Crippen LogP contribution is -2.35. The van der Waals surface area contributed by atoms with Gasteiger partial charge in [-0.3, -0.25) is 0 Å². The molecule has 16 heavy (non-hydrogen) atoms. The Morgan fingerprint density at radius 2 is 2.12 bits per heavy atom. The summed E-state index contributed by atoms with van der Waals surface area (Å²) in [7, 11) is 0. The highest BCUT2D eigenvalue weighted by Crippen LogP contribution is 2.13. The molecule has 0 heterocycles. The first kappa shape index (κ1) is 15.4. The molecule has 0 fully saturated rings. The summed E-state index contributed by atoms with van der Waals surface area (Å²) in [6.07, 6.45) is 5.53. The molecule has 0 bridgehead atoms. The summed E-state index contributed by atoms with van der Waals surface area (Å²) in [6, 6.07) is 2.08. The van der Waals surface area contributed by atoms with Gasteiger partial charge in [-0.15, -0.1) is 0 Å². The standard InChI is InChI=1S/C13H26N2O/c1-4-6-7-12(5-2)10-16-9-8-13(3,15)11-14/h12H,4-10,15H2,1-3H3. The third-order valence-electron chi connectivity index (χ3n) is 2.92. The van der Waals surface area contributed by atoms with Gasteiger partial charge >= 0.3 is 0 Å². The van der Waals surface area contributed by atoms with Gasteiger partial charge in [0.05, 0.1) is 6.07 Å². The van der Waals surface area contributed by atoms with Crippen LogP contribution in [0.5, 0.6) is 0 Å². The monoisotopic (exact) mass is 226 g/mol. The maximum atomic E-state index is 8.73. The normalized spacial score (nSPS) is 16.4. The van der Waals surface area contributed by atoms with Crippen LogP contribution in [0, 0.1) is 17.2 Å². The smallest absolute Gasteiger partial charge is 0.103 e. The van der Waals surface area contributed by atoms with E-state index < -0.39 is 5.54 Å². The van der Waals surface area contributed by atoms with Crippen molar-refractivity contribution in [3.05, 3.63) is 0 Å². The molecular weight excluding hydrogens is 200 g/mol. The predicted octanol–water partition coefficient (Wildman–Crippen LogP) is 2.85. The zero-order valence-electron chi connectivity index (χ0n) is 11.0. The van der Waals surface area contributed by atoms with Crippen LogP contribution in [-0.2, 0) is 4.74 Å². The van der Waals surface area contributed by atoms with Crippen molar-refractivity contribution in [2.24, 2.45) is 11.7 Å². The highest BCUT2D eigenvalue weighted by atomic mass is 16.5. The maximum absolute atomic E-state index is 8.73. The molecule has 0 saturated heterocycles. The van der Waals surface area contributed by atoms with Crippen LogP contribution in [0.25, 0.3) is 0 Å². The summed E-state index contributed by atoms with van der Waals surface area (Å²) in [5.74, 6) is 0.658. The fourth-order valence-corrected chi connectivity index (χ4v) is 1.49. The fourth-order valence-electron chi connectivity index (χ4n) is 1.49. The van der Waals surface area contributed by atoms with E-state index in [9.17, 15) is 0 Å². The Labute approximate surface area is 100.0 Å². The average molecular weight is 226 g/mol. The molecule has 3 nitrogen and oxygen atoms in total. The highest BCUT2D eigenvalue weighted by molar-refractivity contribution is 5.00. The molecule has 94 valence electrons. The molecule has 0 aliphatic rings. The first-order valence-electron chi connectivity index (χ1n) is 6.33. The minimum absolute atomic E-state index is 0.586. The first-order valence-corrected chi connectivity index (χ1v) is 6.33. The SMILES string of the molecule is CCCCC(CC)COCCC(C)(N)C#N. The Hall–Kier alpha value is -0.590. The topological polar surface area (TPSA) is 59.0 Å². The van der Waals surface area contributed by atoms with E-state index in [4.69, 9.17) is 15.7 Å². The lowest BCUT2D eigenvalue weighted by Gasteiger charge is -2.18. The van der Waals surface area contributed by atoms with Crippen molar-refractivity contribution in [1.82, 2.24) is 0 Å². The molecule has 0 aliphatic heterocycles. The van der Waals surface area contributed by atoms with Crippen molar-refractivity contribution >= 4 is 0 Å². The lowest BCUT2D eigenvalue weighted by atomic mass is 10.0. The molecule has 0 amide bonds. The van der Waals surface area contributed by atoms with Crippen molar-refractivity contribution in [2.45, 2.75) is 58.4 Å². The van der Waals surface area contributed by atoms with Crippen molar-refractivity contribution in [1.29, 1.82) is 5.26 Å². The summed E-state index contributed by atoms with van der Waals surface area (Å²) < 4.78 is 5.59. The van der Waals surface area contributed by atoms with Crippen molar-refractivity contribution in [3.8, 4) is 6.07 Å². The number of nitrogens with two attached hydrogens (primary N) is 1. The minimum Gasteiger partial charge on any atom is -0.381 e. The van der Waals surface area contributed by atoms with Gasteiger partial charge in [0.25, 0.3) is 0 Å². The van der Waals surface area contributed by atoms with Crippen LogP contribution in [0.3, 0.4) is 0 Å². The molecule has 2 N–H and O–H groups in total. The molecular formula is C13H26N2O. The van der Waals surface area contributed by atoms with Gasteiger partial charge in [0.1, 0.15) is 5.54 Å². The van der Waals surface area contributed by atoms with Gasteiger partial charge in [-0.1, -0.05) is 33.1 Å². The van der Waals surface area contributed by atoms with Crippen LogP contribution in [0.1, 0.15) is 52.9 Å². The number of rotatable bonds is 9. The molecule has 0 aromatic heterocycles. The van der Waals surface area contributed by atoms with Crippen LogP contribution in [0.2, 0.25) is 0 Å². The third kappa shape index (κ3) is 7.67. The Bertz CT molecular complexity index is 208. The van der Waals surface area contributed by atoms with Crippen LogP contribution >= 0.6 is 0 Å². The molecule has 0 spiro atoms. The number of hydrogen-bond donors (Lipinski definition) is 1. The summed E-state index contributed by atoms with van der Waals surface area (Å²) >= 11 is 0. The zero-order valence-corrected chi connectivity index (χ0v) is 11.0. The third-order valence-corrected chi connectivity index (χ3v) is 2.92. The number of nitrogens with zero attached hydrogens (tertiary/aromatic N) is 1. The molecule has 2 unspecified atom stereocenters. The summed E-state index contributed by atoms with van der Waals surface area (Å²) in [5.41, 5.74) is 4.96. The van der Waals surface area contributed by atoms with E-state index in [2.05, 4.69) is 19.9 Å². The van der Waals surface area contributed by atoms with E-state index in [1.165, 1.54) is 19.3 Å². The number of hydrogen-bond acceptors (Lipinski definition) is 3. The van der Waals surface area contributed by atoms with E-state index in [1.54, 1.807) is 6.92 Å². The first-order chi connectivity index (χ1) is 7.55. The number of nitriles is 1. The number of ether oxygens (including phenoxy) is 1. The molecule has 0 aromatic carbocycles. The van der Waals surface area contributed by atoms with Crippen LogP contribution in [0.4, 0.5) is 0 Å². The molecule has 0 rings (SSSR count). The summed E-state index contributed by atoms with van der Waals surface area (Å²) in [6.45, 7) is 7.54. The van der Waals surface area contributed by atoms with Gasteiger partial charge in [-0.25, -0.2) is 0 Å². The van der Waals surface area contributed by atoms with Crippen LogP contribution in [0.15, 0.2) is 0 Å².